The van der Waals surface area contributed by atoms with Gasteiger partial charge in [-0.2, -0.15) is 0 Å². The Kier molecular flexibility index (Phi) is 7.72. The number of ether oxygens (including phenoxy) is 6. The fourth-order valence-electron chi connectivity index (χ4n) is 5.07. The molecule has 1 aromatic carbocycles. The molecular weight excluding hydrogens is 416 g/mol. The Morgan fingerprint density at radius 1 is 1.06 bits per heavy atom. The summed E-state index contributed by atoms with van der Waals surface area (Å²) in [5.41, 5.74) is 0.947. The van der Waals surface area contributed by atoms with Crippen LogP contribution in [0.4, 0.5) is 0 Å². The summed E-state index contributed by atoms with van der Waals surface area (Å²) in [4.78, 5) is 0. The zero-order valence-electron chi connectivity index (χ0n) is 19.1. The lowest BCUT2D eigenvalue weighted by atomic mass is 9.87. The van der Waals surface area contributed by atoms with Gasteiger partial charge in [-0.25, -0.2) is 0 Å². The normalized spacial score (nSPS) is 40.3. The second kappa shape index (κ2) is 10.3. The molecule has 1 unspecified atom stereocenters. The molecule has 3 aliphatic heterocycles. The van der Waals surface area contributed by atoms with Crippen LogP contribution in [-0.2, 0) is 23.7 Å². The third-order valence-corrected chi connectivity index (χ3v) is 6.77. The molecule has 0 radical (unpaired) electrons. The van der Waals surface area contributed by atoms with Crippen molar-refractivity contribution >= 4 is 0 Å². The van der Waals surface area contributed by atoms with Crippen LogP contribution in [0.15, 0.2) is 24.3 Å². The van der Waals surface area contributed by atoms with Crippen LogP contribution < -0.4 is 4.74 Å². The van der Waals surface area contributed by atoms with Crippen molar-refractivity contribution < 1.29 is 38.6 Å². The van der Waals surface area contributed by atoms with E-state index >= 15 is 0 Å². The van der Waals surface area contributed by atoms with Gasteiger partial charge >= 0.3 is 0 Å². The molecule has 0 saturated carbocycles. The van der Waals surface area contributed by atoms with E-state index in [1.807, 2.05) is 24.3 Å². The highest BCUT2D eigenvalue weighted by Gasteiger charge is 2.49. The predicted octanol–water partition coefficient (Wildman–Crippen LogP) is 2.56. The van der Waals surface area contributed by atoms with Crippen LogP contribution in [0.5, 0.6) is 5.75 Å². The summed E-state index contributed by atoms with van der Waals surface area (Å²) < 4.78 is 35.8. The Balaban J connectivity index is 1.44. The maximum Gasteiger partial charge on any atom is 0.184 e. The van der Waals surface area contributed by atoms with Gasteiger partial charge in [-0.1, -0.05) is 19.1 Å². The van der Waals surface area contributed by atoms with Gasteiger partial charge in [-0.05, 0) is 12.1 Å². The van der Waals surface area contributed by atoms with E-state index in [0.717, 1.165) is 17.7 Å². The van der Waals surface area contributed by atoms with Crippen molar-refractivity contribution in [2.45, 2.75) is 81.6 Å². The average Bonchev–Trinajstić information content (AvgIpc) is 2.79. The number of rotatable bonds is 6. The summed E-state index contributed by atoms with van der Waals surface area (Å²) >= 11 is 0. The van der Waals surface area contributed by atoms with Crippen molar-refractivity contribution in [2.75, 3.05) is 27.4 Å². The van der Waals surface area contributed by atoms with Gasteiger partial charge in [-0.15, -0.1) is 0 Å². The largest absolute Gasteiger partial charge is 0.497 e. The van der Waals surface area contributed by atoms with Crippen molar-refractivity contribution in [3.63, 3.8) is 0 Å². The fraction of sp³-hybridized carbons (Fsp3) is 0.750. The van der Waals surface area contributed by atoms with E-state index < -0.39 is 24.3 Å². The third-order valence-electron chi connectivity index (χ3n) is 6.77. The second-order valence-corrected chi connectivity index (χ2v) is 9.29. The van der Waals surface area contributed by atoms with Crippen molar-refractivity contribution in [1.29, 1.82) is 0 Å². The van der Waals surface area contributed by atoms with Crippen LogP contribution in [0.3, 0.4) is 0 Å². The zero-order chi connectivity index (χ0) is 22.7. The van der Waals surface area contributed by atoms with Gasteiger partial charge < -0.3 is 38.6 Å². The lowest BCUT2D eigenvalue weighted by molar-refractivity contribution is -0.347. The molecule has 3 fully saturated rings. The van der Waals surface area contributed by atoms with Crippen LogP contribution in [0.25, 0.3) is 0 Å². The lowest BCUT2D eigenvalue weighted by Crippen LogP contribution is -2.56. The summed E-state index contributed by atoms with van der Waals surface area (Å²) in [5.74, 6) is 0.0465. The van der Waals surface area contributed by atoms with Gasteiger partial charge in [0.25, 0.3) is 0 Å². The molecule has 180 valence electrons. The molecule has 8 nitrogen and oxygen atoms in total. The molecule has 3 aliphatic rings. The number of hydrogen-bond acceptors (Lipinski definition) is 8. The van der Waals surface area contributed by atoms with Gasteiger partial charge in [0.1, 0.15) is 5.75 Å². The molecule has 3 heterocycles. The van der Waals surface area contributed by atoms with Crippen LogP contribution in [-0.4, -0.2) is 74.0 Å². The van der Waals surface area contributed by atoms with Crippen molar-refractivity contribution in [2.24, 2.45) is 5.92 Å². The van der Waals surface area contributed by atoms with Gasteiger partial charge in [0, 0.05) is 50.7 Å². The summed E-state index contributed by atoms with van der Waals surface area (Å²) in [6.45, 7) is 2.56. The van der Waals surface area contributed by atoms with Crippen molar-refractivity contribution in [3.8, 4) is 5.75 Å². The summed E-state index contributed by atoms with van der Waals surface area (Å²) in [5, 5.41) is 20.0. The van der Waals surface area contributed by atoms with Gasteiger partial charge in [0.05, 0.1) is 50.8 Å². The number of benzene rings is 1. The highest BCUT2D eigenvalue weighted by molar-refractivity contribution is 5.28. The SMILES string of the molecule is COc1ccc(C2OC[C@H](C)[C@@H](C[C@@H]3C[C@H](OC)C[C@@]4(C[C@@H](O)C[C@H](CO)O4)O3)O2)cc1. The fourth-order valence-corrected chi connectivity index (χ4v) is 5.07. The van der Waals surface area contributed by atoms with E-state index in [1.165, 1.54) is 0 Å². The standard InChI is InChI=1S/C24H36O8/c1-15-14-29-23(16-4-6-18(27-2)7-5-16)30-22(15)10-19-9-20(28-3)12-24(31-19)11-17(26)8-21(13-25)32-24/h4-7,15,17,19-23,25-26H,8-14H2,1-3H3/t15-,17-,19-,20-,21+,22+,23?,24-/m0/s1. The molecule has 0 amide bonds. The molecule has 32 heavy (non-hydrogen) atoms. The maximum absolute atomic E-state index is 10.4. The molecule has 0 aromatic heterocycles. The van der Waals surface area contributed by atoms with E-state index in [2.05, 4.69) is 6.92 Å². The van der Waals surface area contributed by atoms with Gasteiger partial charge in [0.2, 0.25) is 0 Å². The summed E-state index contributed by atoms with van der Waals surface area (Å²) in [6.07, 6.45) is 0.997. The van der Waals surface area contributed by atoms with Crippen LogP contribution in [0, 0.1) is 5.92 Å². The molecule has 8 atom stereocenters. The van der Waals surface area contributed by atoms with Crippen molar-refractivity contribution in [1.82, 2.24) is 0 Å². The first-order valence-electron chi connectivity index (χ1n) is 11.5. The van der Waals surface area contributed by atoms with Gasteiger partial charge in [-0.3, -0.25) is 0 Å². The Morgan fingerprint density at radius 3 is 2.50 bits per heavy atom. The van der Waals surface area contributed by atoms with Crippen LogP contribution >= 0.6 is 0 Å². The highest BCUT2D eigenvalue weighted by Crippen LogP contribution is 2.42. The first-order valence-corrected chi connectivity index (χ1v) is 11.5. The predicted molar refractivity (Wildman–Crippen MR) is 115 cm³/mol. The summed E-state index contributed by atoms with van der Waals surface area (Å²) in [7, 11) is 3.33. The van der Waals surface area contributed by atoms with E-state index in [4.69, 9.17) is 28.4 Å². The Morgan fingerprint density at radius 2 is 1.81 bits per heavy atom. The topological polar surface area (TPSA) is 95.8 Å². The van der Waals surface area contributed by atoms with Gasteiger partial charge in [0.15, 0.2) is 12.1 Å². The van der Waals surface area contributed by atoms with Crippen LogP contribution in [0.1, 0.15) is 50.9 Å². The first kappa shape index (κ1) is 23.9. The zero-order valence-corrected chi connectivity index (χ0v) is 19.1. The molecule has 1 aromatic rings. The third kappa shape index (κ3) is 5.44. The minimum absolute atomic E-state index is 0.0501. The monoisotopic (exact) mass is 452 g/mol. The van der Waals surface area contributed by atoms with E-state index in [0.29, 0.717) is 32.3 Å². The molecule has 3 saturated heterocycles. The van der Waals surface area contributed by atoms with Crippen LogP contribution in [0.2, 0.25) is 0 Å². The minimum Gasteiger partial charge on any atom is -0.497 e. The molecular formula is C24H36O8. The average molecular weight is 453 g/mol. The Labute approximate surface area is 189 Å². The maximum atomic E-state index is 10.4. The molecule has 0 aliphatic carbocycles. The van der Waals surface area contributed by atoms with Crippen molar-refractivity contribution in [3.05, 3.63) is 29.8 Å². The molecule has 1 spiro atoms. The smallest absolute Gasteiger partial charge is 0.184 e. The first-order chi connectivity index (χ1) is 15.4. The quantitative estimate of drug-likeness (QED) is 0.680. The molecule has 0 bridgehead atoms. The summed E-state index contributed by atoms with van der Waals surface area (Å²) in [6, 6.07) is 7.71. The van der Waals surface area contributed by atoms with E-state index in [1.54, 1.807) is 14.2 Å². The van der Waals surface area contributed by atoms with E-state index in [-0.39, 0.29) is 30.8 Å². The lowest BCUT2D eigenvalue weighted by Gasteiger charge is -2.49. The molecule has 4 rings (SSSR count). The minimum atomic E-state index is -0.946. The molecule has 8 heteroatoms. The second-order valence-electron chi connectivity index (χ2n) is 9.29. The van der Waals surface area contributed by atoms with E-state index in [9.17, 15) is 10.2 Å². The molecule has 2 N–H and O–H groups in total. The number of aliphatic hydroxyl groups excluding tert-OH is 2. The number of aliphatic hydroxyl groups is 2. The number of methoxy groups -OCH3 is 2. The number of hydrogen-bond donors (Lipinski definition) is 2. The Bertz CT molecular complexity index is 723. The highest BCUT2D eigenvalue weighted by atomic mass is 16.7. The Hall–Kier alpha value is -1.26.